The number of nitrogens with zero attached hydrogens (tertiary/aromatic N) is 11. The molecular weight excluding hydrogens is 1750 g/mol. The smallest absolute Gasteiger partial charge is 0.408 e. The number of carboxylic acids is 1. The number of piperazine rings is 1. The van der Waals surface area contributed by atoms with Gasteiger partial charge in [-0.2, -0.15) is 0 Å². The van der Waals surface area contributed by atoms with Gasteiger partial charge in [-0.05, 0) is 207 Å². The predicted octanol–water partition coefficient (Wildman–Crippen LogP) is 11.5. The summed E-state index contributed by atoms with van der Waals surface area (Å²) >= 11 is 12.4. The number of nitrogens with one attached hydrogen (secondary N) is 7. The SMILES string of the molecule is CC(C)(C)OC(=O)NC1(C(=O)N[C@@H](CCN2CCCCC2)c2ccc(Cl)cc2)CCN(c2ncnc3[nH]ccc23)CC1.NC1(C(=O)N[C@@H](CCN2CCN(C(=O)CCCCCCCc3cccc4c3C(=O)N(C3CCC(=O)NC3=O)C4=O)CC2)c2ccc(Cl)cc2)CCN(c2ncnc3[nH]ccc23)CC1.O=C(O)CCCCCCCc1cccc2c1C(=O)N(C1CCC(=O)NC1=O)C2=O. The Morgan fingerprint density at radius 2 is 0.955 bits per heavy atom. The molecule has 16 rings (SSSR count). The number of rotatable bonds is 33. The molecule has 0 saturated carbocycles. The Labute approximate surface area is 788 Å². The maximum atomic E-state index is 14.3. The van der Waals surface area contributed by atoms with E-state index < -0.39 is 88.1 Å². The summed E-state index contributed by atoms with van der Waals surface area (Å²) in [4.78, 5) is 202. The Kier molecular flexibility index (Phi) is 32.7. The van der Waals surface area contributed by atoms with Crippen molar-refractivity contribution in [3.63, 3.8) is 0 Å². The largest absolute Gasteiger partial charge is 0.481 e. The molecule has 6 fully saturated rings. The molecule has 4 aromatic heterocycles. The van der Waals surface area contributed by atoms with Crippen LogP contribution in [-0.4, -0.2) is 244 Å². The maximum absolute atomic E-state index is 14.3. The number of hydrogen-bond donors (Lipinski definition) is 9. The number of aromatic nitrogens is 6. The van der Waals surface area contributed by atoms with E-state index in [0.717, 1.165) is 169 Å². The summed E-state index contributed by atoms with van der Waals surface area (Å²) in [7, 11) is 0. The van der Waals surface area contributed by atoms with E-state index in [-0.39, 0.29) is 61.9 Å². The second kappa shape index (κ2) is 44.8. The highest BCUT2D eigenvalue weighted by atomic mass is 35.5. The van der Waals surface area contributed by atoms with Crippen molar-refractivity contribution in [2.75, 3.05) is 88.3 Å². The molecule has 12 amide bonds. The van der Waals surface area contributed by atoms with E-state index in [1.807, 2.05) is 111 Å². The first-order valence-corrected chi connectivity index (χ1v) is 47.9. The lowest BCUT2D eigenvalue weighted by Gasteiger charge is -2.42. The number of benzene rings is 4. The highest BCUT2D eigenvalue weighted by Crippen LogP contribution is 2.38. The van der Waals surface area contributed by atoms with Crippen molar-refractivity contribution in [2.45, 2.75) is 235 Å². The van der Waals surface area contributed by atoms with Crippen molar-refractivity contribution in [2.24, 2.45) is 5.73 Å². The number of piperidine rings is 5. The van der Waals surface area contributed by atoms with Gasteiger partial charge < -0.3 is 61.1 Å². The number of amides is 12. The highest BCUT2D eigenvalue weighted by Gasteiger charge is 2.49. The number of anilines is 2. The maximum Gasteiger partial charge on any atom is 0.408 e. The number of nitrogens with two attached hydrogens (primary N) is 1. The molecule has 10 N–H and O–H groups in total. The molecule has 2 unspecified atom stereocenters. The Balaban J connectivity index is 0.000000175. The van der Waals surface area contributed by atoms with Crippen LogP contribution in [0, 0.1) is 0 Å². The summed E-state index contributed by atoms with van der Waals surface area (Å²) in [5.41, 5.74) is 10.4. The lowest BCUT2D eigenvalue weighted by molar-refractivity contribution is -0.138. The van der Waals surface area contributed by atoms with Gasteiger partial charge >= 0.3 is 12.1 Å². The van der Waals surface area contributed by atoms with E-state index in [0.29, 0.717) is 129 Å². The number of alkyl carbamates (subject to hydrolysis) is 1. The standard InChI is InChI=1S/C46H55ClN10O6.C31H42ClN7O3.C21H24N2O6/c47-32-13-11-30(12-14-32)35(52-45(63)46(48)19-23-56(24-20-46)41-34-17-21-49-40(34)50-29-51-41)18-22-54-25-27-55(28-26-54)38(59)10-5-3-1-2-4-7-31-8-6-9-33-39(31)44(62)57(43(33)61)36-15-16-37(58)53-42(36)60;1-30(2,3)42-29(41)37-31(13-19-39(20-14-31)27-24-11-15-33-26(24)34-21-35-27)28(40)36-25(22-7-9-23(32)10-8-22)12-18-38-16-5-4-6-17-38;24-16-12-11-15(19(27)22-16)23-20(28)14-9-6-8-13(18(14)21(23)29)7-4-2-1-3-5-10-17(25)26/h6,8-9,11-14,17,21,29,35-36H,1-5,7,10,15-16,18-20,22-28,48H2,(H,52,63)(H,49,50,51)(H,53,58,60);7-11,15,21,25H,4-6,12-14,16-20H2,1-3H3,(H,36,40)(H,37,41)(H,33,34,35);6,8-9,15H,1-5,7,10-12H2,(H,25,26)(H,22,24,27)/t35-,36?;25-;/m00./s1. The summed E-state index contributed by atoms with van der Waals surface area (Å²) in [6.45, 7) is 14.3. The van der Waals surface area contributed by atoms with Gasteiger partial charge in [-0.25, -0.2) is 24.7 Å². The van der Waals surface area contributed by atoms with Crippen LogP contribution in [0.3, 0.4) is 0 Å². The molecule has 4 aromatic carbocycles. The Morgan fingerprint density at radius 3 is 1.42 bits per heavy atom. The van der Waals surface area contributed by atoms with Crippen LogP contribution in [0.5, 0.6) is 0 Å². The summed E-state index contributed by atoms with van der Waals surface area (Å²) < 4.78 is 5.61. The minimum Gasteiger partial charge on any atom is -0.481 e. The van der Waals surface area contributed by atoms with Gasteiger partial charge in [0.1, 0.15) is 58.8 Å². The van der Waals surface area contributed by atoms with Gasteiger partial charge in [-0.1, -0.05) is 117 Å². The number of fused-ring (bicyclic) bond motifs is 4. The van der Waals surface area contributed by atoms with Crippen LogP contribution in [0.25, 0.3) is 22.1 Å². The average molecular weight is 1880 g/mol. The number of aryl methyl sites for hydroxylation is 2. The van der Waals surface area contributed by atoms with Crippen molar-refractivity contribution in [1.29, 1.82) is 0 Å². The van der Waals surface area contributed by atoms with Crippen molar-refractivity contribution >= 4 is 134 Å². The van der Waals surface area contributed by atoms with Crippen LogP contribution in [0.2, 0.25) is 10.0 Å². The molecule has 0 aliphatic carbocycles. The van der Waals surface area contributed by atoms with Gasteiger partial charge in [-0.3, -0.25) is 82.9 Å². The van der Waals surface area contributed by atoms with Crippen LogP contribution < -0.4 is 42.1 Å². The third-order valence-electron chi connectivity index (χ3n) is 26.7. The first-order chi connectivity index (χ1) is 64.5. The normalized spacial score (nSPS) is 19.1. The van der Waals surface area contributed by atoms with Crippen molar-refractivity contribution < 1.29 is 72.2 Å². The van der Waals surface area contributed by atoms with Gasteiger partial charge in [0, 0.05) is 114 Å². The van der Waals surface area contributed by atoms with E-state index in [2.05, 4.69) is 76.1 Å². The Hall–Kier alpha value is -12.1. The van der Waals surface area contributed by atoms with Gasteiger partial charge in [0.05, 0.1) is 50.6 Å². The molecule has 0 spiro atoms. The molecule has 134 heavy (non-hydrogen) atoms. The molecule has 8 aliphatic heterocycles. The summed E-state index contributed by atoms with van der Waals surface area (Å²) in [6, 6.07) is 27.1. The molecule has 8 aliphatic rings. The summed E-state index contributed by atoms with van der Waals surface area (Å²) in [6.07, 6.45) is 24.0. The van der Waals surface area contributed by atoms with Crippen LogP contribution in [0.15, 0.2) is 122 Å². The fourth-order valence-corrected chi connectivity index (χ4v) is 19.5. The lowest BCUT2D eigenvalue weighted by Crippen LogP contribution is -2.64. The molecule has 0 radical (unpaired) electrons. The van der Waals surface area contributed by atoms with Crippen LogP contribution in [0.1, 0.15) is 257 Å². The summed E-state index contributed by atoms with van der Waals surface area (Å²) in [5.74, 6) is -3.30. The van der Waals surface area contributed by atoms with Crippen molar-refractivity contribution in [1.82, 2.24) is 81.0 Å². The van der Waals surface area contributed by atoms with E-state index in [9.17, 15) is 62.3 Å². The lowest BCUT2D eigenvalue weighted by atomic mass is 9.85. The average Bonchev–Trinajstić information content (AvgIpc) is 1.63. The summed E-state index contributed by atoms with van der Waals surface area (Å²) in [5, 5.41) is 25.8. The number of H-pyrrole nitrogens is 2. The molecule has 8 aromatic rings. The minimum absolute atomic E-state index is 0.0818. The van der Waals surface area contributed by atoms with E-state index >= 15 is 0 Å². The second-order valence-electron chi connectivity index (χ2n) is 37.1. The number of ether oxygens (including phenoxy) is 1. The fraction of sp³-hybridized carbons (Fsp3) is 0.500. The van der Waals surface area contributed by atoms with Crippen LogP contribution in [0.4, 0.5) is 16.4 Å². The topological polar surface area (TPSA) is 443 Å². The number of unbranched alkanes of at least 4 members (excludes halogenated alkanes) is 8. The number of hydrogen-bond acceptors (Lipinski definition) is 23. The first kappa shape index (κ1) is 97.9. The van der Waals surface area contributed by atoms with Crippen molar-refractivity contribution in [3.8, 4) is 0 Å². The third-order valence-corrected chi connectivity index (χ3v) is 27.2. The molecule has 12 heterocycles. The first-order valence-electron chi connectivity index (χ1n) is 47.1. The molecule has 34 nitrogen and oxygen atoms in total. The number of carboxylic acid groups (broad SMARTS) is 1. The third kappa shape index (κ3) is 24.3. The fourth-order valence-electron chi connectivity index (χ4n) is 19.2. The van der Waals surface area contributed by atoms with Crippen LogP contribution >= 0.6 is 23.2 Å². The van der Waals surface area contributed by atoms with Gasteiger partial charge in [0.2, 0.25) is 41.4 Å². The number of carbonyl (C=O) groups excluding carboxylic acids is 12. The number of halogens is 2. The van der Waals surface area contributed by atoms with Gasteiger partial charge in [0.25, 0.3) is 23.6 Å². The zero-order valence-corrected chi connectivity index (χ0v) is 77.9. The van der Waals surface area contributed by atoms with Gasteiger partial charge in [0.15, 0.2) is 0 Å². The number of carbonyl (C=O) groups is 13. The molecular formula is C98H121Cl2N19O15. The zero-order valence-electron chi connectivity index (χ0n) is 76.3. The van der Waals surface area contributed by atoms with Gasteiger partial charge in [-0.15, -0.1) is 0 Å². The highest BCUT2D eigenvalue weighted by molar-refractivity contribution is 6.31. The van der Waals surface area contributed by atoms with E-state index in [4.69, 9.17) is 38.8 Å². The monoisotopic (exact) mass is 1870 g/mol. The zero-order chi connectivity index (χ0) is 94.8. The number of aliphatic carboxylic acids is 1. The molecule has 36 heteroatoms. The van der Waals surface area contributed by atoms with E-state index in [1.54, 1.807) is 36.9 Å². The number of likely N-dealkylation sites (tertiary alicyclic amines) is 1. The van der Waals surface area contributed by atoms with E-state index in [1.165, 1.54) is 19.3 Å². The van der Waals surface area contributed by atoms with Crippen LogP contribution in [-0.2, 0) is 55.9 Å². The Bertz CT molecular complexity index is 5600. The molecule has 0 bridgehead atoms. The van der Waals surface area contributed by atoms with Crippen molar-refractivity contribution in [3.05, 3.63) is 177 Å². The second-order valence-corrected chi connectivity index (χ2v) is 37.9. The predicted molar refractivity (Wildman–Crippen MR) is 504 cm³/mol. The molecule has 712 valence electrons. The minimum atomic E-state index is -1.14. The number of imide groups is 4. The number of aromatic amines is 2. The quantitative estimate of drug-likeness (QED) is 0.0136. The Morgan fingerprint density at radius 1 is 0.515 bits per heavy atom. The molecule has 4 atom stereocenters. The molecule has 6 saturated heterocycles.